The number of aliphatic hydroxyl groups is 1. The second-order valence-electron chi connectivity index (χ2n) is 5.28. The van der Waals surface area contributed by atoms with E-state index in [9.17, 15) is 5.11 Å². The van der Waals surface area contributed by atoms with Crippen LogP contribution in [-0.4, -0.2) is 48.3 Å². The fraction of sp³-hybridized carbons (Fsp3) is 0.857. The third kappa shape index (κ3) is 4.85. The Morgan fingerprint density at radius 2 is 2.10 bits per heavy atom. The van der Waals surface area contributed by atoms with E-state index in [0.717, 1.165) is 19.3 Å². The second-order valence-corrected chi connectivity index (χ2v) is 5.28. The van der Waals surface area contributed by atoms with Crippen molar-refractivity contribution in [1.82, 2.24) is 10.1 Å². The van der Waals surface area contributed by atoms with Gasteiger partial charge in [-0.25, -0.2) is 0 Å². The Labute approximate surface area is 119 Å². The minimum atomic E-state index is -0.225. The van der Waals surface area contributed by atoms with Crippen LogP contribution in [0.5, 0.6) is 0 Å². The lowest BCUT2D eigenvalue weighted by Gasteiger charge is -2.26. The van der Waals surface area contributed by atoms with Crippen LogP contribution >= 0.6 is 0 Å². The van der Waals surface area contributed by atoms with Crippen LogP contribution in [0.3, 0.4) is 0 Å². The van der Waals surface area contributed by atoms with E-state index in [0.29, 0.717) is 44.4 Å². The van der Waals surface area contributed by atoms with Crippen LogP contribution in [0.15, 0.2) is 4.52 Å². The van der Waals surface area contributed by atoms with Gasteiger partial charge in [0.2, 0.25) is 5.89 Å². The average molecular weight is 284 g/mol. The molecule has 2 atom stereocenters. The molecule has 114 valence electrons. The van der Waals surface area contributed by atoms with Gasteiger partial charge < -0.3 is 19.1 Å². The number of hydrogen-bond acceptors (Lipinski definition) is 6. The number of methoxy groups -OCH3 is 1. The number of aromatic nitrogens is 2. The van der Waals surface area contributed by atoms with Gasteiger partial charge in [-0.1, -0.05) is 18.0 Å². The smallest absolute Gasteiger partial charge is 0.227 e. The van der Waals surface area contributed by atoms with Crippen LogP contribution in [0.1, 0.15) is 37.4 Å². The molecule has 6 heteroatoms. The lowest BCUT2D eigenvalue weighted by Crippen LogP contribution is -2.26. The standard InChI is InChI=1S/C14H24N2O4/c1-18-8-9-19-7-6-13-15-14(20-16-13)10-11-4-2-3-5-12(11)17/h11-12,17H,2-10H2,1H3. The maximum absolute atomic E-state index is 9.94. The molecular formula is C14H24N2O4. The number of ether oxygens (including phenoxy) is 2. The first-order valence-corrected chi connectivity index (χ1v) is 7.36. The Morgan fingerprint density at radius 3 is 2.90 bits per heavy atom. The van der Waals surface area contributed by atoms with Crippen LogP contribution in [0.2, 0.25) is 0 Å². The minimum absolute atomic E-state index is 0.225. The zero-order chi connectivity index (χ0) is 14.2. The van der Waals surface area contributed by atoms with Crippen LogP contribution in [-0.2, 0) is 22.3 Å². The highest BCUT2D eigenvalue weighted by atomic mass is 16.5. The highest BCUT2D eigenvalue weighted by Crippen LogP contribution is 2.26. The predicted molar refractivity (Wildman–Crippen MR) is 72.4 cm³/mol. The summed E-state index contributed by atoms with van der Waals surface area (Å²) in [7, 11) is 1.65. The fourth-order valence-electron chi connectivity index (χ4n) is 2.53. The molecule has 1 heterocycles. The molecule has 0 aromatic carbocycles. The summed E-state index contributed by atoms with van der Waals surface area (Å²) >= 11 is 0. The monoisotopic (exact) mass is 284 g/mol. The van der Waals surface area contributed by atoms with Gasteiger partial charge in [0.05, 0.1) is 25.9 Å². The zero-order valence-electron chi connectivity index (χ0n) is 12.1. The fourth-order valence-corrected chi connectivity index (χ4v) is 2.53. The quantitative estimate of drug-likeness (QED) is 0.726. The molecule has 0 radical (unpaired) electrons. The first-order chi connectivity index (χ1) is 9.79. The number of nitrogens with zero attached hydrogens (tertiary/aromatic N) is 2. The largest absolute Gasteiger partial charge is 0.393 e. The van der Waals surface area contributed by atoms with Crippen LogP contribution in [0, 0.1) is 5.92 Å². The van der Waals surface area contributed by atoms with Crippen LogP contribution in [0.25, 0.3) is 0 Å². The molecule has 1 saturated carbocycles. The van der Waals surface area contributed by atoms with Crippen molar-refractivity contribution in [2.75, 3.05) is 26.9 Å². The van der Waals surface area contributed by atoms with Gasteiger partial charge in [0.15, 0.2) is 5.82 Å². The van der Waals surface area contributed by atoms with Crippen molar-refractivity contribution in [3.8, 4) is 0 Å². The highest BCUT2D eigenvalue weighted by Gasteiger charge is 2.25. The van der Waals surface area contributed by atoms with Crippen molar-refractivity contribution in [2.45, 2.75) is 44.6 Å². The Kier molecular flexibility index (Phi) is 6.42. The van der Waals surface area contributed by atoms with Gasteiger partial charge in [-0.2, -0.15) is 4.98 Å². The van der Waals surface area contributed by atoms with Gasteiger partial charge in [0.25, 0.3) is 0 Å². The molecular weight excluding hydrogens is 260 g/mol. The normalized spacial score (nSPS) is 23.1. The molecule has 20 heavy (non-hydrogen) atoms. The predicted octanol–water partition coefficient (Wildman–Crippen LogP) is 1.37. The second kappa shape index (κ2) is 8.34. The number of rotatable bonds is 8. The van der Waals surface area contributed by atoms with E-state index in [4.69, 9.17) is 14.0 Å². The Balaban J connectivity index is 1.71. The molecule has 2 rings (SSSR count). The molecule has 1 aliphatic carbocycles. The first kappa shape index (κ1) is 15.4. The molecule has 1 N–H and O–H groups in total. The average Bonchev–Trinajstić information content (AvgIpc) is 2.89. The molecule has 0 bridgehead atoms. The van der Waals surface area contributed by atoms with Crippen LogP contribution in [0.4, 0.5) is 0 Å². The number of aliphatic hydroxyl groups excluding tert-OH is 1. The Hall–Kier alpha value is -0.980. The third-order valence-electron chi connectivity index (χ3n) is 3.72. The molecule has 1 aromatic heterocycles. The van der Waals surface area contributed by atoms with Gasteiger partial charge >= 0.3 is 0 Å². The topological polar surface area (TPSA) is 77.6 Å². The van der Waals surface area contributed by atoms with Gasteiger partial charge in [-0.3, -0.25) is 0 Å². The van der Waals surface area contributed by atoms with Crippen molar-refractivity contribution < 1.29 is 19.1 Å². The van der Waals surface area contributed by atoms with Crippen LogP contribution < -0.4 is 0 Å². The summed E-state index contributed by atoms with van der Waals surface area (Å²) in [6.07, 6.45) is 5.31. The van der Waals surface area contributed by atoms with Crippen molar-refractivity contribution in [3.63, 3.8) is 0 Å². The molecule has 1 fully saturated rings. The lowest BCUT2D eigenvalue weighted by molar-refractivity contribution is 0.0656. The molecule has 6 nitrogen and oxygen atoms in total. The van der Waals surface area contributed by atoms with E-state index >= 15 is 0 Å². The summed E-state index contributed by atoms with van der Waals surface area (Å²) in [4.78, 5) is 4.36. The minimum Gasteiger partial charge on any atom is -0.393 e. The SMILES string of the molecule is COCCOCCc1noc(CC2CCCCC2O)n1. The molecule has 2 unspecified atom stereocenters. The van der Waals surface area contributed by atoms with E-state index in [1.54, 1.807) is 7.11 Å². The Bertz CT molecular complexity index is 383. The van der Waals surface area contributed by atoms with Gasteiger partial charge in [0.1, 0.15) is 0 Å². The highest BCUT2D eigenvalue weighted by molar-refractivity contribution is 4.90. The summed E-state index contributed by atoms with van der Waals surface area (Å²) in [5.74, 6) is 1.56. The Morgan fingerprint density at radius 1 is 1.25 bits per heavy atom. The summed E-state index contributed by atoms with van der Waals surface area (Å²) in [6, 6.07) is 0. The maximum atomic E-state index is 9.94. The zero-order valence-corrected chi connectivity index (χ0v) is 12.1. The van der Waals surface area contributed by atoms with E-state index in [-0.39, 0.29) is 12.0 Å². The molecule has 1 aliphatic rings. The van der Waals surface area contributed by atoms with Crippen molar-refractivity contribution in [3.05, 3.63) is 11.7 Å². The number of hydrogen-bond donors (Lipinski definition) is 1. The lowest BCUT2D eigenvalue weighted by atomic mass is 9.84. The first-order valence-electron chi connectivity index (χ1n) is 7.36. The van der Waals surface area contributed by atoms with E-state index < -0.39 is 0 Å². The molecule has 1 aromatic rings. The summed E-state index contributed by atoms with van der Waals surface area (Å²) in [5.41, 5.74) is 0. The van der Waals surface area contributed by atoms with Gasteiger partial charge in [-0.15, -0.1) is 0 Å². The van der Waals surface area contributed by atoms with Crippen molar-refractivity contribution in [1.29, 1.82) is 0 Å². The van der Waals surface area contributed by atoms with Crippen molar-refractivity contribution in [2.24, 2.45) is 5.92 Å². The van der Waals surface area contributed by atoms with Gasteiger partial charge in [-0.05, 0) is 18.8 Å². The summed E-state index contributed by atoms with van der Waals surface area (Å²) in [5, 5.41) is 13.9. The molecule has 0 amide bonds. The molecule has 0 aliphatic heterocycles. The van der Waals surface area contributed by atoms with E-state index in [2.05, 4.69) is 10.1 Å². The molecule has 0 spiro atoms. The van der Waals surface area contributed by atoms with Gasteiger partial charge in [0, 0.05) is 20.0 Å². The maximum Gasteiger partial charge on any atom is 0.227 e. The van der Waals surface area contributed by atoms with E-state index in [1.807, 2.05) is 0 Å². The third-order valence-corrected chi connectivity index (χ3v) is 3.72. The van der Waals surface area contributed by atoms with Crippen molar-refractivity contribution >= 4 is 0 Å². The summed E-state index contributed by atoms with van der Waals surface area (Å²) < 4.78 is 15.5. The van der Waals surface area contributed by atoms with E-state index in [1.165, 1.54) is 6.42 Å². The molecule has 0 saturated heterocycles. The summed E-state index contributed by atoms with van der Waals surface area (Å²) in [6.45, 7) is 1.74.